The van der Waals surface area contributed by atoms with Crippen LogP contribution in [0.1, 0.15) is 51.9 Å². The number of tetrazole rings is 4. The van der Waals surface area contributed by atoms with Crippen molar-refractivity contribution in [1.29, 1.82) is 0 Å². The van der Waals surface area contributed by atoms with E-state index in [1.807, 2.05) is 0 Å². The quantitative estimate of drug-likeness (QED) is 0.109. The standard InChI is InChI=1S/2C16H16N14O2/c1-9(5-27-7-17-21-25-27)29-15(31)11-3-14-12(4-13(11)19-23-29)16(32)30(24-20-14)10(2)6-28-8-18-22-26-28;1-9(5-27-8-18-22-26-27)29-15(31)11-3-14-12(4-13(11)20-24-29)16(32)30(25-21-14)10(2)6-28-19-7-17-23-28/h2*3-4,7-10H,5-6H2,1-2H3/t2*9-,10-/m11/s1. The van der Waals surface area contributed by atoms with Crippen LogP contribution in [0.15, 0.2) is 68.8 Å². The molecule has 0 amide bonds. The fraction of sp³-hybridized carbons (Fsp3) is 0.375. The van der Waals surface area contributed by atoms with Gasteiger partial charge in [-0.15, -0.1) is 45.9 Å². The van der Waals surface area contributed by atoms with E-state index in [2.05, 4.69) is 103 Å². The van der Waals surface area contributed by atoms with Crippen molar-refractivity contribution in [2.24, 2.45) is 0 Å². The van der Waals surface area contributed by atoms with Crippen molar-refractivity contribution in [3.8, 4) is 0 Å². The molecule has 32 nitrogen and oxygen atoms in total. The van der Waals surface area contributed by atoms with Crippen molar-refractivity contribution >= 4 is 43.6 Å². The lowest BCUT2D eigenvalue weighted by atomic mass is 10.1. The van der Waals surface area contributed by atoms with Gasteiger partial charge in [0.25, 0.3) is 22.2 Å². The lowest BCUT2D eigenvalue weighted by Crippen LogP contribution is -2.31. The molecule has 64 heavy (non-hydrogen) atoms. The predicted molar refractivity (Wildman–Crippen MR) is 212 cm³/mol. The Morgan fingerprint density at radius 3 is 0.984 bits per heavy atom. The molecule has 0 saturated heterocycles. The first-order chi connectivity index (χ1) is 31.0. The van der Waals surface area contributed by atoms with Gasteiger partial charge >= 0.3 is 0 Å². The average Bonchev–Trinajstić information content (AvgIpc) is 4.15. The van der Waals surface area contributed by atoms with Crippen LogP contribution < -0.4 is 22.2 Å². The van der Waals surface area contributed by atoms with Gasteiger partial charge in [0.2, 0.25) is 0 Å². The molecule has 8 aromatic heterocycles. The van der Waals surface area contributed by atoms with Crippen LogP contribution in [0.4, 0.5) is 0 Å². The summed E-state index contributed by atoms with van der Waals surface area (Å²) in [5.41, 5.74) is -0.316. The summed E-state index contributed by atoms with van der Waals surface area (Å²) in [6.45, 7) is 8.49. The van der Waals surface area contributed by atoms with Gasteiger partial charge in [-0.3, -0.25) is 19.2 Å². The Bertz CT molecular complexity index is 3010. The fourth-order valence-electron chi connectivity index (χ4n) is 6.79. The van der Waals surface area contributed by atoms with Gasteiger partial charge in [-0.25, -0.2) is 32.8 Å². The predicted octanol–water partition coefficient (Wildman–Crippen LogP) is -3.22. The monoisotopic (exact) mass is 872 g/mol. The van der Waals surface area contributed by atoms with Crippen molar-refractivity contribution in [3.63, 3.8) is 0 Å². The third-order valence-corrected chi connectivity index (χ3v) is 9.99. The Morgan fingerprint density at radius 2 is 0.719 bits per heavy atom. The maximum absolute atomic E-state index is 13.0. The van der Waals surface area contributed by atoms with Crippen LogP contribution in [0.3, 0.4) is 0 Å². The van der Waals surface area contributed by atoms with Gasteiger partial charge in [-0.2, -0.15) is 4.80 Å². The van der Waals surface area contributed by atoms with Crippen molar-refractivity contribution < 1.29 is 0 Å². The summed E-state index contributed by atoms with van der Waals surface area (Å²) in [4.78, 5) is 53.5. The SMILES string of the molecule is C[C@H](Cn1cnnn1)n1nnc2cc3c(=O)n([C@H](C)Cn4cnnn4)nnc3cc2c1=O.C[C@H](Cn1cnnn1)n1nnc2cc3c(=O)n([C@H](C)Cn4ncnn4)nnc3cc2c1=O. The third-order valence-electron chi connectivity index (χ3n) is 9.99. The van der Waals surface area contributed by atoms with Crippen LogP contribution >= 0.6 is 0 Å². The summed E-state index contributed by atoms with van der Waals surface area (Å²) in [5, 5.41) is 78.0. The second-order valence-electron chi connectivity index (χ2n) is 14.6. The first kappa shape index (κ1) is 40.4. The lowest BCUT2D eigenvalue weighted by Gasteiger charge is -2.14. The number of hydrogen-bond donors (Lipinski definition) is 0. The molecule has 324 valence electrons. The highest BCUT2D eigenvalue weighted by atomic mass is 16.2. The first-order valence-corrected chi connectivity index (χ1v) is 19.2. The van der Waals surface area contributed by atoms with E-state index in [-0.39, 0.29) is 96.6 Å². The molecule has 32 heteroatoms. The molecule has 10 aromatic rings. The van der Waals surface area contributed by atoms with Crippen LogP contribution in [0.2, 0.25) is 0 Å². The molecular weight excluding hydrogens is 841 g/mol. The highest BCUT2D eigenvalue weighted by Gasteiger charge is 2.20. The summed E-state index contributed by atoms with van der Waals surface area (Å²) in [5.74, 6) is 0. The Morgan fingerprint density at radius 1 is 0.406 bits per heavy atom. The number of hydrogen-bond acceptors (Lipinski definition) is 24. The Labute approximate surface area is 353 Å². The van der Waals surface area contributed by atoms with Gasteiger partial charge in [-0.1, -0.05) is 20.9 Å². The maximum Gasteiger partial charge on any atom is 0.277 e. The van der Waals surface area contributed by atoms with Crippen LogP contribution in [0.25, 0.3) is 43.6 Å². The molecule has 2 aromatic carbocycles. The first-order valence-electron chi connectivity index (χ1n) is 19.2. The van der Waals surface area contributed by atoms with Gasteiger partial charge in [-0.05, 0) is 88.5 Å². The summed E-state index contributed by atoms with van der Waals surface area (Å²) in [6.07, 6.45) is 5.65. The largest absolute Gasteiger partial charge is 0.277 e. The van der Waals surface area contributed by atoms with Crippen molar-refractivity contribution in [2.45, 2.75) is 78.0 Å². The molecule has 0 N–H and O–H groups in total. The molecule has 0 aliphatic heterocycles. The lowest BCUT2D eigenvalue weighted by molar-refractivity contribution is 0.354. The molecule has 10 rings (SSSR count). The topological polar surface area (TPSA) is 366 Å². The molecule has 0 radical (unpaired) electrons. The molecule has 0 bridgehead atoms. The molecule has 0 unspecified atom stereocenters. The number of nitrogens with zero attached hydrogens (tertiary/aromatic N) is 28. The molecule has 4 atom stereocenters. The number of benzene rings is 2. The van der Waals surface area contributed by atoms with Gasteiger partial charge < -0.3 is 0 Å². The van der Waals surface area contributed by atoms with Crippen LogP contribution in [0, 0.1) is 0 Å². The van der Waals surface area contributed by atoms with Crippen molar-refractivity contribution in [3.05, 3.63) is 91.0 Å². The van der Waals surface area contributed by atoms with E-state index in [0.29, 0.717) is 19.6 Å². The van der Waals surface area contributed by atoms with Crippen LogP contribution in [-0.4, -0.2) is 141 Å². The number of fused-ring (bicyclic) bond motifs is 4. The van der Waals surface area contributed by atoms with E-state index in [0.717, 1.165) is 0 Å². The molecular formula is C32H32N28O4. The van der Waals surface area contributed by atoms with E-state index in [4.69, 9.17) is 0 Å². The summed E-state index contributed by atoms with van der Waals surface area (Å²) in [6, 6.07) is 4.57. The third kappa shape index (κ3) is 7.86. The fourth-order valence-corrected chi connectivity index (χ4v) is 6.79. The van der Waals surface area contributed by atoms with Gasteiger partial charge in [0.15, 0.2) is 6.33 Å². The molecule has 0 aliphatic rings. The summed E-state index contributed by atoms with van der Waals surface area (Å²) in [7, 11) is 0. The van der Waals surface area contributed by atoms with Gasteiger partial charge in [0, 0.05) is 0 Å². The number of rotatable bonds is 12. The maximum atomic E-state index is 13.0. The molecule has 0 saturated carbocycles. The minimum atomic E-state index is -0.379. The Hall–Kier alpha value is -9.00. The van der Waals surface area contributed by atoms with Crippen LogP contribution in [-0.2, 0) is 26.2 Å². The molecule has 0 spiro atoms. The minimum Gasteiger partial charge on any atom is -0.267 e. The Kier molecular flexibility index (Phi) is 10.6. The normalized spacial score (nSPS) is 13.6. The zero-order chi connectivity index (χ0) is 44.5. The molecule has 8 heterocycles. The summed E-state index contributed by atoms with van der Waals surface area (Å²) < 4.78 is 9.46. The Balaban J connectivity index is 0.000000162. The molecule has 0 aliphatic carbocycles. The van der Waals surface area contributed by atoms with Crippen LogP contribution in [0.5, 0.6) is 0 Å². The zero-order valence-corrected chi connectivity index (χ0v) is 33.9. The van der Waals surface area contributed by atoms with E-state index < -0.39 is 0 Å². The molecule has 0 fully saturated rings. The highest BCUT2D eigenvalue weighted by molar-refractivity contribution is 5.94. The smallest absolute Gasteiger partial charge is 0.267 e. The van der Waals surface area contributed by atoms with Gasteiger partial charge in [0.1, 0.15) is 41.0 Å². The van der Waals surface area contributed by atoms with E-state index in [9.17, 15) is 19.2 Å². The summed E-state index contributed by atoms with van der Waals surface area (Å²) >= 11 is 0. The second-order valence-corrected chi connectivity index (χ2v) is 14.6. The highest BCUT2D eigenvalue weighted by Crippen LogP contribution is 2.17. The van der Waals surface area contributed by atoms with E-state index in [1.165, 1.54) is 87.1 Å². The van der Waals surface area contributed by atoms with E-state index in [1.54, 1.807) is 27.7 Å². The average molecular weight is 873 g/mol. The van der Waals surface area contributed by atoms with E-state index >= 15 is 0 Å². The number of aromatic nitrogens is 28. The second kappa shape index (κ2) is 16.8. The minimum absolute atomic E-state index is 0.277. The van der Waals surface area contributed by atoms with Crippen molar-refractivity contribution in [2.75, 3.05) is 0 Å². The van der Waals surface area contributed by atoms with Crippen molar-refractivity contribution in [1.82, 2.24) is 141 Å². The zero-order valence-electron chi connectivity index (χ0n) is 33.9. The van der Waals surface area contributed by atoms with Gasteiger partial charge in [0.05, 0.1) is 71.9 Å².